The van der Waals surface area contributed by atoms with E-state index in [9.17, 15) is 19.5 Å². The van der Waals surface area contributed by atoms with Gasteiger partial charge in [0.15, 0.2) is 0 Å². The minimum Gasteiger partial charge on any atom is -0.394 e. The molecule has 9 heteroatoms. The molecule has 6 atom stereocenters. The number of benzene rings is 2. The Balaban J connectivity index is 1.51. The zero-order valence-electron chi connectivity index (χ0n) is 20.2. The standard InChI is InChI=1S/C27H30ClN3O4S/c1-15(2)19(14-32)31-23(25(34)30-18-10-8-16(28)9-11-18)27-13-12-20(36-27)21(22(27)26(31)35)24(33)29-17-6-4-3-5-7-17/h3-11,15,19-23,32H,12-14H2,1-2H3,(H,29,33)(H,30,34)/t19-,20-,21+,22-,23?,27?/m0/s1. The van der Waals surface area contributed by atoms with E-state index in [-0.39, 0.29) is 35.5 Å². The molecule has 5 rings (SSSR count). The molecule has 3 amide bonds. The number of rotatable bonds is 7. The molecule has 36 heavy (non-hydrogen) atoms. The third-order valence-corrected chi connectivity index (χ3v) is 9.96. The number of fused-ring (bicyclic) bond motifs is 1. The quantitative estimate of drug-likeness (QED) is 0.505. The van der Waals surface area contributed by atoms with Crippen LogP contribution in [0, 0.1) is 17.8 Å². The lowest BCUT2D eigenvalue weighted by Crippen LogP contribution is -2.56. The van der Waals surface area contributed by atoms with Crippen molar-refractivity contribution in [2.24, 2.45) is 17.8 Å². The Morgan fingerprint density at radius 1 is 1.08 bits per heavy atom. The van der Waals surface area contributed by atoms with Crippen molar-refractivity contribution < 1.29 is 19.5 Å². The van der Waals surface area contributed by atoms with Crippen molar-refractivity contribution in [2.75, 3.05) is 17.2 Å². The van der Waals surface area contributed by atoms with Crippen molar-refractivity contribution >= 4 is 52.5 Å². The molecule has 1 spiro atoms. The summed E-state index contributed by atoms with van der Waals surface area (Å²) in [5, 5.41) is 16.7. The zero-order chi connectivity index (χ0) is 25.6. The summed E-state index contributed by atoms with van der Waals surface area (Å²) in [5.74, 6) is -1.95. The first kappa shape index (κ1) is 25.1. The summed E-state index contributed by atoms with van der Waals surface area (Å²) < 4.78 is -0.723. The molecule has 0 aromatic heterocycles. The topological polar surface area (TPSA) is 98.7 Å². The summed E-state index contributed by atoms with van der Waals surface area (Å²) in [7, 11) is 0. The molecule has 2 aromatic rings. The van der Waals surface area contributed by atoms with Crippen LogP contribution in [-0.4, -0.2) is 56.4 Å². The third-order valence-electron chi connectivity index (χ3n) is 7.76. The number of para-hydroxylation sites is 1. The number of hydrogen-bond acceptors (Lipinski definition) is 5. The van der Waals surface area contributed by atoms with Crippen LogP contribution in [0.5, 0.6) is 0 Å². The van der Waals surface area contributed by atoms with Crippen molar-refractivity contribution in [2.45, 2.75) is 48.8 Å². The first-order chi connectivity index (χ1) is 17.3. The number of aliphatic hydroxyl groups excluding tert-OH is 1. The SMILES string of the molecule is CC(C)[C@H](CO)N1C(=O)[C@@H]2[C@H](C(=O)Nc3ccccc3)[C@@H]3CCC2(S3)C1C(=O)Nc1ccc(Cl)cc1. The highest BCUT2D eigenvalue weighted by atomic mass is 35.5. The maximum absolute atomic E-state index is 14.1. The lowest BCUT2D eigenvalue weighted by molar-refractivity contribution is -0.142. The number of anilines is 2. The van der Waals surface area contributed by atoms with Crippen LogP contribution in [0.1, 0.15) is 26.7 Å². The van der Waals surface area contributed by atoms with Crippen molar-refractivity contribution in [3.8, 4) is 0 Å². The van der Waals surface area contributed by atoms with Gasteiger partial charge in [0.05, 0.1) is 29.2 Å². The second kappa shape index (κ2) is 9.72. The van der Waals surface area contributed by atoms with Crippen LogP contribution in [0.4, 0.5) is 11.4 Å². The fraction of sp³-hybridized carbons (Fsp3) is 0.444. The largest absolute Gasteiger partial charge is 0.394 e. The molecule has 3 aliphatic heterocycles. The monoisotopic (exact) mass is 527 g/mol. The number of aliphatic hydroxyl groups is 1. The lowest BCUT2D eigenvalue weighted by atomic mass is 9.70. The van der Waals surface area contributed by atoms with Gasteiger partial charge in [-0.15, -0.1) is 11.8 Å². The predicted octanol–water partition coefficient (Wildman–Crippen LogP) is 4.03. The van der Waals surface area contributed by atoms with Gasteiger partial charge < -0.3 is 20.6 Å². The average Bonchev–Trinajstić information content (AvgIpc) is 3.49. The summed E-state index contributed by atoms with van der Waals surface area (Å²) >= 11 is 7.61. The van der Waals surface area contributed by atoms with Gasteiger partial charge in [-0.1, -0.05) is 43.6 Å². The molecule has 3 saturated heterocycles. The second-order valence-electron chi connectivity index (χ2n) is 10.1. The molecule has 0 radical (unpaired) electrons. The first-order valence-corrected chi connectivity index (χ1v) is 13.6. The number of amides is 3. The van der Waals surface area contributed by atoms with Crippen LogP contribution in [0.15, 0.2) is 54.6 Å². The Morgan fingerprint density at radius 2 is 1.72 bits per heavy atom. The van der Waals surface area contributed by atoms with E-state index in [1.165, 1.54) is 0 Å². The van der Waals surface area contributed by atoms with Gasteiger partial charge in [-0.25, -0.2) is 0 Å². The Labute approximate surface area is 220 Å². The molecule has 3 fully saturated rings. The van der Waals surface area contributed by atoms with Gasteiger partial charge in [0, 0.05) is 21.6 Å². The summed E-state index contributed by atoms with van der Waals surface area (Å²) in [6.45, 7) is 3.60. The minimum absolute atomic E-state index is 0.0396. The summed E-state index contributed by atoms with van der Waals surface area (Å²) in [5.41, 5.74) is 1.26. The van der Waals surface area contributed by atoms with Gasteiger partial charge in [0.2, 0.25) is 17.7 Å². The van der Waals surface area contributed by atoms with E-state index in [0.29, 0.717) is 22.8 Å². The highest BCUT2D eigenvalue weighted by Gasteiger charge is 2.74. The number of thioether (sulfide) groups is 1. The Morgan fingerprint density at radius 3 is 2.36 bits per heavy atom. The van der Waals surface area contributed by atoms with Crippen molar-refractivity contribution in [3.05, 3.63) is 59.6 Å². The third kappa shape index (κ3) is 4.09. The molecule has 3 N–H and O–H groups in total. The van der Waals surface area contributed by atoms with E-state index in [1.54, 1.807) is 40.9 Å². The van der Waals surface area contributed by atoms with Crippen LogP contribution in [0.25, 0.3) is 0 Å². The number of nitrogens with one attached hydrogen (secondary N) is 2. The van der Waals surface area contributed by atoms with Crippen LogP contribution in [-0.2, 0) is 14.4 Å². The predicted molar refractivity (Wildman–Crippen MR) is 142 cm³/mol. The summed E-state index contributed by atoms with van der Waals surface area (Å²) in [6.07, 6.45) is 1.42. The Bertz CT molecular complexity index is 1160. The molecule has 0 saturated carbocycles. The highest BCUT2D eigenvalue weighted by molar-refractivity contribution is 8.02. The van der Waals surface area contributed by atoms with Crippen molar-refractivity contribution in [3.63, 3.8) is 0 Å². The van der Waals surface area contributed by atoms with Crippen LogP contribution < -0.4 is 10.6 Å². The number of nitrogens with zero attached hydrogens (tertiary/aromatic N) is 1. The Kier molecular flexibility index (Phi) is 6.78. The van der Waals surface area contributed by atoms with Gasteiger partial charge in [0.1, 0.15) is 6.04 Å². The Hall–Kier alpha value is -2.55. The zero-order valence-corrected chi connectivity index (χ0v) is 21.8. The molecular formula is C27H30ClN3O4S. The number of halogens is 1. The number of likely N-dealkylation sites (tertiary alicyclic amines) is 1. The van der Waals surface area contributed by atoms with Crippen molar-refractivity contribution in [1.29, 1.82) is 0 Å². The van der Waals surface area contributed by atoms with Crippen LogP contribution in [0.3, 0.4) is 0 Å². The number of hydrogen-bond donors (Lipinski definition) is 3. The minimum atomic E-state index is -0.797. The van der Waals surface area contributed by atoms with E-state index in [4.69, 9.17) is 11.6 Å². The van der Waals surface area contributed by atoms with E-state index >= 15 is 0 Å². The molecule has 2 unspecified atom stereocenters. The maximum atomic E-state index is 14.1. The number of carbonyl (C=O) groups is 3. The van der Waals surface area contributed by atoms with Gasteiger partial charge in [0.25, 0.3) is 0 Å². The van der Waals surface area contributed by atoms with Crippen LogP contribution >= 0.6 is 23.4 Å². The molecule has 2 aromatic carbocycles. The summed E-state index contributed by atoms with van der Waals surface area (Å²) in [6, 6.07) is 14.7. The normalized spacial score (nSPS) is 29.4. The van der Waals surface area contributed by atoms with Gasteiger partial charge in [-0.2, -0.15) is 0 Å². The van der Waals surface area contributed by atoms with Gasteiger partial charge in [-0.05, 0) is 55.2 Å². The van der Waals surface area contributed by atoms with E-state index in [1.807, 2.05) is 44.2 Å². The fourth-order valence-corrected chi connectivity index (χ4v) is 8.49. The summed E-state index contributed by atoms with van der Waals surface area (Å²) in [4.78, 5) is 43.0. The van der Waals surface area contributed by atoms with Gasteiger partial charge in [-0.3, -0.25) is 14.4 Å². The van der Waals surface area contributed by atoms with E-state index in [2.05, 4.69) is 10.6 Å². The smallest absolute Gasteiger partial charge is 0.248 e. The molecular weight excluding hydrogens is 498 g/mol. The molecule has 190 valence electrons. The fourth-order valence-electron chi connectivity index (χ4n) is 6.16. The van der Waals surface area contributed by atoms with E-state index < -0.39 is 28.7 Å². The van der Waals surface area contributed by atoms with Crippen molar-refractivity contribution in [1.82, 2.24) is 4.90 Å². The maximum Gasteiger partial charge on any atom is 0.248 e. The highest BCUT2D eigenvalue weighted by Crippen LogP contribution is 2.66. The second-order valence-corrected chi connectivity index (χ2v) is 12.2. The van der Waals surface area contributed by atoms with Gasteiger partial charge >= 0.3 is 0 Å². The molecule has 2 bridgehead atoms. The number of carbonyl (C=O) groups excluding carboxylic acids is 3. The first-order valence-electron chi connectivity index (χ1n) is 12.3. The lowest BCUT2D eigenvalue weighted by Gasteiger charge is -2.38. The van der Waals surface area contributed by atoms with E-state index in [0.717, 1.165) is 6.42 Å². The molecule has 3 aliphatic rings. The average molecular weight is 528 g/mol. The van der Waals surface area contributed by atoms with Crippen LogP contribution in [0.2, 0.25) is 5.02 Å². The molecule has 7 nitrogen and oxygen atoms in total. The molecule has 0 aliphatic carbocycles. The molecule has 3 heterocycles.